The molecule has 0 spiro atoms. The first-order valence-corrected chi connectivity index (χ1v) is 6.07. The topological polar surface area (TPSA) is 32.3 Å². The van der Waals surface area contributed by atoms with E-state index < -0.39 is 0 Å². The van der Waals surface area contributed by atoms with Crippen molar-refractivity contribution in [2.75, 3.05) is 0 Å². The highest BCUT2D eigenvalue weighted by atomic mass is 16.3. The van der Waals surface area contributed by atoms with Crippen molar-refractivity contribution in [1.29, 1.82) is 0 Å². The van der Waals surface area contributed by atoms with E-state index in [4.69, 9.17) is 0 Å². The Morgan fingerprint density at radius 2 is 1.79 bits per heavy atom. The quantitative estimate of drug-likeness (QED) is 0.729. The van der Waals surface area contributed by atoms with Crippen LogP contribution in [0.15, 0.2) is 0 Å². The minimum atomic E-state index is -0.124. The molecule has 1 fully saturated rings. The molecule has 0 aromatic heterocycles. The van der Waals surface area contributed by atoms with E-state index in [0.717, 1.165) is 25.7 Å². The van der Waals surface area contributed by atoms with Crippen molar-refractivity contribution in [3.63, 3.8) is 0 Å². The molecule has 2 heteroatoms. The Hall–Kier alpha value is -0.0800. The largest absolute Gasteiger partial charge is 0.392 e. The summed E-state index contributed by atoms with van der Waals surface area (Å²) in [5, 5.41) is 13.5. The maximum absolute atomic E-state index is 9.86. The normalized spacial score (nSPS) is 29.1. The van der Waals surface area contributed by atoms with Gasteiger partial charge in [0.2, 0.25) is 0 Å². The molecule has 14 heavy (non-hydrogen) atoms. The number of nitrogens with one attached hydrogen (secondary N) is 1. The van der Waals surface area contributed by atoms with E-state index in [1.165, 1.54) is 12.8 Å². The summed E-state index contributed by atoms with van der Waals surface area (Å²) in [4.78, 5) is 0. The van der Waals surface area contributed by atoms with Crippen molar-refractivity contribution in [1.82, 2.24) is 5.32 Å². The molecule has 2 N–H and O–H groups in total. The van der Waals surface area contributed by atoms with Gasteiger partial charge in [-0.3, -0.25) is 0 Å². The highest BCUT2D eigenvalue weighted by Gasteiger charge is 2.29. The van der Waals surface area contributed by atoms with Gasteiger partial charge in [0.15, 0.2) is 0 Å². The first-order valence-electron chi connectivity index (χ1n) is 6.07. The summed E-state index contributed by atoms with van der Waals surface area (Å²) < 4.78 is 0. The van der Waals surface area contributed by atoms with E-state index in [9.17, 15) is 5.11 Å². The number of hydrogen-bond acceptors (Lipinski definition) is 2. The number of rotatable bonds is 4. The van der Waals surface area contributed by atoms with Crippen LogP contribution >= 0.6 is 0 Å². The van der Waals surface area contributed by atoms with Crippen LogP contribution in [0.3, 0.4) is 0 Å². The SMILES string of the molecule is CCC(C)(CC)N[C@H]1CCCC[C@@H]1O. The molecule has 1 saturated carbocycles. The van der Waals surface area contributed by atoms with Crippen LogP contribution in [0.5, 0.6) is 0 Å². The van der Waals surface area contributed by atoms with Crippen LogP contribution in [0.4, 0.5) is 0 Å². The maximum Gasteiger partial charge on any atom is 0.0693 e. The molecule has 0 unspecified atom stereocenters. The number of aliphatic hydroxyl groups excluding tert-OH is 1. The van der Waals surface area contributed by atoms with Gasteiger partial charge in [-0.25, -0.2) is 0 Å². The van der Waals surface area contributed by atoms with Gasteiger partial charge in [-0.2, -0.15) is 0 Å². The van der Waals surface area contributed by atoms with Crippen LogP contribution < -0.4 is 5.32 Å². The Labute approximate surface area is 88.1 Å². The summed E-state index contributed by atoms with van der Waals surface area (Å²) in [7, 11) is 0. The minimum Gasteiger partial charge on any atom is -0.392 e. The molecule has 1 aliphatic carbocycles. The Balaban J connectivity index is 2.48. The molecule has 0 aromatic rings. The Kier molecular flexibility index (Phi) is 4.39. The zero-order chi connectivity index (χ0) is 10.6. The van der Waals surface area contributed by atoms with Crippen molar-refractivity contribution in [3.05, 3.63) is 0 Å². The zero-order valence-electron chi connectivity index (χ0n) is 9.84. The summed E-state index contributed by atoms with van der Waals surface area (Å²) in [6.07, 6.45) is 6.70. The third kappa shape index (κ3) is 2.96. The predicted octanol–water partition coefficient (Wildman–Crippen LogP) is 2.46. The summed E-state index contributed by atoms with van der Waals surface area (Å²) in [5.41, 5.74) is 0.211. The Morgan fingerprint density at radius 3 is 2.29 bits per heavy atom. The average molecular weight is 199 g/mol. The second-order valence-corrected chi connectivity index (χ2v) is 4.87. The van der Waals surface area contributed by atoms with Gasteiger partial charge in [0.25, 0.3) is 0 Å². The molecule has 0 bridgehead atoms. The van der Waals surface area contributed by atoms with Gasteiger partial charge in [0.1, 0.15) is 0 Å². The fourth-order valence-electron chi connectivity index (χ4n) is 2.18. The molecular weight excluding hydrogens is 174 g/mol. The lowest BCUT2D eigenvalue weighted by molar-refractivity contribution is 0.0718. The number of aliphatic hydroxyl groups is 1. The molecule has 2 atom stereocenters. The van der Waals surface area contributed by atoms with Crippen LogP contribution in [0, 0.1) is 0 Å². The van der Waals surface area contributed by atoms with Crippen molar-refractivity contribution in [2.24, 2.45) is 0 Å². The van der Waals surface area contributed by atoms with E-state index in [0.29, 0.717) is 6.04 Å². The van der Waals surface area contributed by atoms with Crippen LogP contribution in [0.25, 0.3) is 0 Å². The monoisotopic (exact) mass is 199 g/mol. The maximum atomic E-state index is 9.86. The zero-order valence-corrected chi connectivity index (χ0v) is 9.84. The Morgan fingerprint density at radius 1 is 1.21 bits per heavy atom. The molecule has 0 saturated heterocycles. The third-order valence-corrected chi connectivity index (χ3v) is 3.82. The van der Waals surface area contributed by atoms with Gasteiger partial charge >= 0.3 is 0 Å². The van der Waals surface area contributed by atoms with E-state index >= 15 is 0 Å². The van der Waals surface area contributed by atoms with E-state index in [1.54, 1.807) is 0 Å². The van der Waals surface area contributed by atoms with Crippen molar-refractivity contribution in [2.45, 2.75) is 77.0 Å². The molecular formula is C12H25NO. The summed E-state index contributed by atoms with van der Waals surface area (Å²) in [6.45, 7) is 6.69. The lowest BCUT2D eigenvalue weighted by Gasteiger charge is -2.38. The summed E-state index contributed by atoms with van der Waals surface area (Å²) >= 11 is 0. The lowest BCUT2D eigenvalue weighted by atomic mass is 9.87. The molecule has 84 valence electrons. The molecule has 2 nitrogen and oxygen atoms in total. The van der Waals surface area contributed by atoms with Gasteiger partial charge in [-0.05, 0) is 32.6 Å². The third-order valence-electron chi connectivity index (χ3n) is 3.82. The lowest BCUT2D eigenvalue weighted by Crippen LogP contribution is -2.53. The van der Waals surface area contributed by atoms with Gasteiger partial charge in [-0.15, -0.1) is 0 Å². The first kappa shape index (κ1) is 12.0. The Bertz CT molecular complexity index is 166. The van der Waals surface area contributed by atoms with Crippen molar-refractivity contribution < 1.29 is 5.11 Å². The fourth-order valence-corrected chi connectivity index (χ4v) is 2.18. The van der Waals surface area contributed by atoms with Crippen molar-refractivity contribution in [3.8, 4) is 0 Å². The molecule has 0 aliphatic heterocycles. The smallest absolute Gasteiger partial charge is 0.0693 e. The average Bonchev–Trinajstić information content (AvgIpc) is 2.21. The molecule has 0 radical (unpaired) electrons. The number of hydrogen-bond donors (Lipinski definition) is 2. The van der Waals surface area contributed by atoms with Gasteiger partial charge < -0.3 is 10.4 Å². The predicted molar refractivity (Wildman–Crippen MR) is 60.4 cm³/mol. The van der Waals surface area contributed by atoms with Crippen molar-refractivity contribution >= 4 is 0 Å². The minimum absolute atomic E-state index is 0.124. The van der Waals surface area contributed by atoms with Gasteiger partial charge in [0, 0.05) is 11.6 Å². The van der Waals surface area contributed by atoms with Crippen LogP contribution in [-0.4, -0.2) is 22.8 Å². The molecule has 1 rings (SSSR count). The molecule has 0 aromatic carbocycles. The van der Waals surface area contributed by atoms with E-state index in [2.05, 4.69) is 26.1 Å². The van der Waals surface area contributed by atoms with Crippen LogP contribution in [0.2, 0.25) is 0 Å². The van der Waals surface area contributed by atoms with Crippen LogP contribution in [-0.2, 0) is 0 Å². The highest BCUT2D eigenvalue weighted by molar-refractivity contribution is 4.89. The molecule has 0 heterocycles. The fraction of sp³-hybridized carbons (Fsp3) is 1.00. The van der Waals surface area contributed by atoms with E-state index in [1.807, 2.05) is 0 Å². The van der Waals surface area contributed by atoms with Gasteiger partial charge in [-0.1, -0.05) is 26.7 Å². The van der Waals surface area contributed by atoms with E-state index in [-0.39, 0.29) is 11.6 Å². The second kappa shape index (κ2) is 5.13. The summed E-state index contributed by atoms with van der Waals surface area (Å²) in [6, 6.07) is 0.327. The standard InChI is InChI=1S/C12H25NO/c1-4-12(3,5-2)13-10-8-6-7-9-11(10)14/h10-11,13-14H,4-9H2,1-3H3/t10-,11-/m0/s1. The first-order chi connectivity index (χ1) is 6.61. The van der Waals surface area contributed by atoms with Crippen LogP contribution in [0.1, 0.15) is 59.3 Å². The second-order valence-electron chi connectivity index (χ2n) is 4.87. The molecule has 0 amide bonds. The van der Waals surface area contributed by atoms with Gasteiger partial charge in [0.05, 0.1) is 6.10 Å². The summed E-state index contributed by atoms with van der Waals surface area (Å²) in [5.74, 6) is 0. The highest BCUT2D eigenvalue weighted by Crippen LogP contribution is 2.23. The molecule has 1 aliphatic rings.